The van der Waals surface area contributed by atoms with Crippen LogP contribution in [0.5, 0.6) is 0 Å². The Bertz CT molecular complexity index is 1700. The summed E-state index contributed by atoms with van der Waals surface area (Å²) in [6.45, 7) is 4.85. The van der Waals surface area contributed by atoms with Crippen molar-refractivity contribution in [3.8, 4) is 5.69 Å². The standard InChI is InChI=1S/C30H30F2N8O2/c1-22(30(42,18-38-20-33-19-34-38)27-12-7-23(31)17-28(27)32)40-29(41)39(21-35-40)26-10-8-25(9-11-26)37-15-13-36(14-16-37)24-5-3-2-4-6-24/h2-12,17,19-22,42H,13-16,18H2,1H3/t22-,30-/m1/s1. The Morgan fingerprint density at radius 2 is 1.50 bits per heavy atom. The summed E-state index contributed by atoms with van der Waals surface area (Å²) in [5, 5.41) is 20.1. The van der Waals surface area contributed by atoms with Gasteiger partial charge in [-0.05, 0) is 49.4 Å². The van der Waals surface area contributed by atoms with Crippen molar-refractivity contribution < 1.29 is 13.9 Å². The van der Waals surface area contributed by atoms with Crippen LogP contribution < -0.4 is 15.5 Å². The molecule has 1 N–H and O–H groups in total. The summed E-state index contributed by atoms with van der Waals surface area (Å²) in [6, 6.07) is 19.8. The quantitative estimate of drug-likeness (QED) is 0.305. The van der Waals surface area contributed by atoms with Gasteiger partial charge in [0.25, 0.3) is 0 Å². The second-order valence-corrected chi connectivity index (χ2v) is 10.4. The highest BCUT2D eigenvalue weighted by molar-refractivity contribution is 5.54. The Balaban J connectivity index is 1.23. The van der Waals surface area contributed by atoms with E-state index in [2.05, 4.69) is 37.1 Å². The van der Waals surface area contributed by atoms with E-state index in [1.54, 1.807) is 6.92 Å². The number of hydrogen-bond acceptors (Lipinski definition) is 7. The predicted molar refractivity (Wildman–Crippen MR) is 154 cm³/mol. The molecule has 0 spiro atoms. The van der Waals surface area contributed by atoms with E-state index in [1.165, 1.54) is 40.0 Å². The number of hydrogen-bond donors (Lipinski definition) is 1. The van der Waals surface area contributed by atoms with Crippen molar-refractivity contribution in [3.05, 3.63) is 119 Å². The highest BCUT2D eigenvalue weighted by atomic mass is 19.1. The van der Waals surface area contributed by atoms with Gasteiger partial charge < -0.3 is 14.9 Å². The lowest BCUT2D eigenvalue weighted by molar-refractivity contribution is -0.0381. The first-order valence-corrected chi connectivity index (χ1v) is 13.7. The largest absolute Gasteiger partial charge is 0.381 e. The zero-order valence-corrected chi connectivity index (χ0v) is 23.0. The second-order valence-electron chi connectivity index (χ2n) is 10.4. The molecule has 6 rings (SSSR count). The molecule has 0 amide bonds. The van der Waals surface area contributed by atoms with E-state index in [4.69, 9.17) is 0 Å². The van der Waals surface area contributed by atoms with Gasteiger partial charge in [0.1, 0.15) is 36.2 Å². The number of nitrogens with zero attached hydrogens (tertiary/aromatic N) is 8. The Morgan fingerprint density at radius 1 is 0.857 bits per heavy atom. The molecule has 2 atom stereocenters. The molecule has 0 saturated carbocycles. The maximum absolute atomic E-state index is 15.0. The normalized spacial score (nSPS) is 15.9. The fraction of sp³-hybridized carbons (Fsp3) is 0.267. The summed E-state index contributed by atoms with van der Waals surface area (Å²) >= 11 is 0. The molecule has 10 nitrogen and oxygen atoms in total. The summed E-state index contributed by atoms with van der Waals surface area (Å²) in [7, 11) is 0. The van der Waals surface area contributed by atoms with E-state index < -0.39 is 29.0 Å². The molecule has 0 bridgehead atoms. The maximum atomic E-state index is 15.0. The minimum atomic E-state index is -2.01. The van der Waals surface area contributed by atoms with Crippen molar-refractivity contribution >= 4 is 11.4 Å². The van der Waals surface area contributed by atoms with Crippen LogP contribution in [0.15, 0.2) is 96.6 Å². The molecule has 1 saturated heterocycles. The average Bonchev–Trinajstić information content (AvgIpc) is 3.66. The van der Waals surface area contributed by atoms with E-state index in [1.807, 2.05) is 42.5 Å². The molecule has 0 unspecified atom stereocenters. The summed E-state index contributed by atoms with van der Waals surface area (Å²) in [5.41, 5.74) is 0.136. The van der Waals surface area contributed by atoms with Crippen molar-refractivity contribution in [1.29, 1.82) is 0 Å². The molecule has 12 heteroatoms. The fourth-order valence-electron chi connectivity index (χ4n) is 5.49. The topological polar surface area (TPSA) is 97.2 Å². The second kappa shape index (κ2) is 11.2. The summed E-state index contributed by atoms with van der Waals surface area (Å²) < 4.78 is 32.4. The Labute approximate surface area is 240 Å². The minimum Gasteiger partial charge on any atom is -0.381 e. The number of aromatic nitrogens is 6. The fourth-order valence-corrected chi connectivity index (χ4v) is 5.49. The molecule has 42 heavy (non-hydrogen) atoms. The third-order valence-electron chi connectivity index (χ3n) is 7.91. The Hall–Kier alpha value is -4.84. The van der Waals surface area contributed by atoms with Crippen molar-refractivity contribution in [3.63, 3.8) is 0 Å². The van der Waals surface area contributed by atoms with E-state index in [0.29, 0.717) is 11.8 Å². The zero-order valence-electron chi connectivity index (χ0n) is 23.0. The maximum Gasteiger partial charge on any atom is 0.350 e. The van der Waals surface area contributed by atoms with Crippen molar-refractivity contribution in [2.45, 2.75) is 25.1 Å². The average molecular weight is 573 g/mol. The first-order valence-electron chi connectivity index (χ1n) is 13.7. The van der Waals surface area contributed by atoms with Crippen LogP contribution in [0.4, 0.5) is 20.2 Å². The molecule has 3 heterocycles. The zero-order chi connectivity index (χ0) is 29.3. The van der Waals surface area contributed by atoms with Crippen LogP contribution in [0.25, 0.3) is 5.69 Å². The van der Waals surface area contributed by atoms with Gasteiger partial charge in [-0.3, -0.25) is 0 Å². The van der Waals surface area contributed by atoms with Crippen LogP contribution >= 0.6 is 0 Å². The van der Waals surface area contributed by atoms with Crippen LogP contribution in [-0.2, 0) is 12.1 Å². The van der Waals surface area contributed by atoms with Crippen molar-refractivity contribution in [2.24, 2.45) is 0 Å². The molecule has 3 aromatic carbocycles. The highest BCUT2D eigenvalue weighted by Crippen LogP contribution is 2.36. The van der Waals surface area contributed by atoms with Gasteiger partial charge in [0.2, 0.25) is 0 Å². The smallest absolute Gasteiger partial charge is 0.350 e. The minimum absolute atomic E-state index is 0.190. The number of anilines is 2. The number of benzene rings is 3. The molecule has 1 aliphatic heterocycles. The SMILES string of the molecule is C[C@@H](n1ncn(-c2ccc(N3CCN(c4ccccc4)CC3)cc2)c1=O)[C@](O)(Cn1cncn1)c1ccc(F)cc1F. The first-order chi connectivity index (χ1) is 20.3. The molecule has 1 fully saturated rings. The number of piperazine rings is 1. The van der Waals surface area contributed by atoms with Gasteiger partial charge in [-0.1, -0.05) is 24.3 Å². The molecular formula is C30H30F2N8O2. The molecule has 0 aliphatic carbocycles. The lowest BCUT2D eigenvalue weighted by Crippen LogP contribution is -2.46. The van der Waals surface area contributed by atoms with Crippen LogP contribution in [0.2, 0.25) is 0 Å². The predicted octanol–water partition coefficient (Wildman–Crippen LogP) is 3.38. The van der Waals surface area contributed by atoms with E-state index >= 15 is 0 Å². The van der Waals surface area contributed by atoms with Crippen LogP contribution in [0.3, 0.4) is 0 Å². The summed E-state index contributed by atoms with van der Waals surface area (Å²) in [4.78, 5) is 22.1. The van der Waals surface area contributed by atoms with Crippen LogP contribution in [-0.4, -0.2) is 60.4 Å². The van der Waals surface area contributed by atoms with Crippen LogP contribution in [0.1, 0.15) is 18.5 Å². The number of halogens is 2. The number of aliphatic hydroxyl groups is 1. The highest BCUT2D eigenvalue weighted by Gasteiger charge is 2.42. The number of para-hydroxylation sites is 1. The first kappa shape index (κ1) is 27.3. The van der Waals surface area contributed by atoms with Gasteiger partial charge in [-0.25, -0.2) is 32.5 Å². The third-order valence-corrected chi connectivity index (χ3v) is 7.91. The lowest BCUT2D eigenvalue weighted by Gasteiger charge is -2.37. The van der Waals surface area contributed by atoms with Crippen molar-refractivity contribution in [1.82, 2.24) is 29.1 Å². The van der Waals surface area contributed by atoms with Crippen LogP contribution in [0, 0.1) is 11.6 Å². The molecule has 1 aliphatic rings. The monoisotopic (exact) mass is 572 g/mol. The third kappa shape index (κ3) is 5.16. The van der Waals surface area contributed by atoms with E-state index in [9.17, 15) is 18.7 Å². The molecule has 2 aromatic heterocycles. The van der Waals surface area contributed by atoms with Gasteiger partial charge in [-0.15, -0.1) is 0 Å². The molecule has 216 valence electrons. The lowest BCUT2D eigenvalue weighted by atomic mass is 9.86. The van der Waals surface area contributed by atoms with E-state index in [-0.39, 0.29) is 12.1 Å². The van der Waals surface area contributed by atoms with E-state index in [0.717, 1.165) is 42.6 Å². The number of rotatable bonds is 8. The summed E-state index contributed by atoms with van der Waals surface area (Å²) in [6.07, 6.45) is 4.01. The van der Waals surface area contributed by atoms with Gasteiger partial charge >= 0.3 is 5.69 Å². The Kier molecular flexibility index (Phi) is 7.29. The van der Waals surface area contributed by atoms with Gasteiger partial charge in [-0.2, -0.15) is 10.2 Å². The van der Waals surface area contributed by atoms with Gasteiger partial charge in [0.05, 0.1) is 18.3 Å². The Morgan fingerprint density at radius 3 is 2.12 bits per heavy atom. The summed E-state index contributed by atoms with van der Waals surface area (Å²) in [5.74, 6) is -1.73. The molecular weight excluding hydrogens is 542 g/mol. The van der Waals surface area contributed by atoms with Gasteiger partial charge in [0, 0.05) is 49.2 Å². The molecule has 0 radical (unpaired) electrons. The van der Waals surface area contributed by atoms with Crippen molar-refractivity contribution in [2.75, 3.05) is 36.0 Å². The van der Waals surface area contributed by atoms with Gasteiger partial charge in [0.15, 0.2) is 0 Å². The molecule has 5 aromatic rings.